The monoisotopic (exact) mass is 334 g/mol. The van der Waals surface area contributed by atoms with Gasteiger partial charge in [0.25, 0.3) is 0 Å². The molecule has 0 aromatic heterocycles. The largest absolute Gasteiger partial charge is 0.410 e. The Morgan fingerprint density at radius 3 is 2.53 bits per heavy atom. The molecule has 0 radical (unpaired) electrons. The lowest BCUT2D eigenvalue weighted by Crippen LogP contribution is -2.03. The highest BCUT2D eigenvalue weighted by Gasteiger charge is 2.18. The fourth-order valence-electron chi connectivity index (χ4n) is 1.69. The Bertz CT molecular complexity index is 666. The second-order valence-corrected chi connectivity index (χ2v) is 5.00. The summed E-state index contributed by atoms with van der Waals surface area (Å²) in [5.41, 5.74) is 2.16. The third-order valence-electron chi connectivity index (χ3n) is 2.59. The molecule has 0 atom stereocenters. The number of allylic oxidation sites excluding steroid dienone is 6. The lowest BCUT2D eigenvalue weighted by atomic mass is 9.97. The lowest BCUT2D eigenvalue weighted by Gasteiger charge is -2.12. The molecule has 3 nitrogen and oxygen atoms in total. The standard InChI is InChI=1S/C14H8BrClN2O/c15-12-6-10(13(16)7-14(12)18-19)11(8-17)9-4-2-1-3-5-9/h1-7,19H/b11-10+,18-14+. The zero-order valence-electron chi connectivity index (χ0n) is 9.64. The first-order chi connectivity index (χ1) is 9.17. The number of halogens is 2. The molecule has 5 heteroatoms. The summed E-state index contributed by atoms with van der Waals surface area (Å²) in [4.78, 5) is 0. The van der Waals surface area contributed by atoms with Gasteiger partial charge in [-0.2, -0.15) is 5.26 Å². The molecular weight excluding hydrogens is 328 g/mol. The average Bonchev–Trinajstić information content (AvgIpc) is 2.44. The van der Waals surface area contributed by atoms with Crippen molar-refractivity contribution < 1.29 is 5.21 Å². The molecule has 2 rings (SSSR count). The Morgan fingerprint density at radius 1 is 1.26 bits per heavy atom. The van der Waals surface area contributed by atoms with Crippen LogP contribution in [0.25, 0.3) is 5.57 Å². The highest BCUT2D eigenvalue weighted by molar-refractivity contribution is 9.12. The van der Waals surface area contributed by atoms with Gasteiger partial charge in [-0.05, 0) is 33.6 Å². The van der Waals surface area contributed by atoms with E-state index in [9.17, 15) is 5.26 Å². The maximum Gasteiger partial charge on any atom is 0.118 e. The second-order valence-electron chi connectivity index (χ2n) is 3.74. The molecule has 0 spiro atoms. The Hall–Kier alpha value is -1.83. The topological polar surface area (TPSA) is 56.4 Å². The Kier molecular flexibility index (Phi) is 4.20. The Balaban J connectivity index is 2.62. The van der Waals surface area contributed by atoms with Gasteiger partial charge in [0.1, 0.15) is 11.8 Å². The lowest BCUT2D eigenvalue weighted by molar-refractivity contribution is 0.320. The summed E-state index contributed by atoms with van der Waals surface area (Å²) in [6.07, 6.45) is 3.17. The predicted octanol–water partition coefficient (Wildman–Crippen LogP) is 4.21. The van der Waals surface area contributed by atoms with Gasteiger partial charge in [0.05, 0.1) is 10.6 Å². The van der Waals surface area contributed by atoms with Crippen LogP contribution in [0.1, 0.15) is 5.56 Å². The number of nitriles is 1. The highest BCUT2D eigenvalue weighted by Crippen LogP contribution is 2.32. The van der Waals surface area contributed by atoms with E-state index in [0.717, 1.165) is 5.56 Å². The van der Waals surface area contributed by atoms with Gasteiger partial charge in [0.2, 0.25) is 0 Å². The van der Waals surface area contributed by atoms with Gasteiger partial charge < -0.3 is 5.21 Å². The van der Waals surface area contributed by atoms with Crippen LogP contribution in [0.2, 0.25) is 0 Å². The third kappa shape index (κ3) is 2.78. The fraction of sp³-hybridized carbons (Fsp3) is 0. The molecule has 19 heavy (non-hydrogen) atoms. The molecule has 0 saturated heterocycles. The minimum Gasteiger partial charge on any atom is -0.410 e. The smallest absolute Gasteiger partial charge is 0.118 e. The van der Waals surface area contributed by atoms with Gasteiger partial charge in [-0.3, -0.25) is 0 Å². The minimum atomic E-state index is 0.319. The number of nitrogens with zero attached hydrogens (tertiary/aromatic N) is 2. The first-order valence-electron chi connectivity index (χ1n) is 5.34. The van der Waals surface area contributed by atoms with E-state index in [1.807, 2.05) is 30.3 Å². The quantitative estimate of drug-likeness (QED) is 0.475. The molecule has 1 aromatic carbocycles. The van der Waals surface area contributed by atoms with Crippen molar-refractivity contribution in [1.29, 1.82) is 5.26 Å². The maximum absolute atomic E-state index is 9.34. The number of benzene rings is 1. The molecular formula is C14H8BrClN2O. The summed E-state index contributed by atoms with van der Waals surface area (Å²) in [5, 5.41) is 21.6. The van der Waals surface area contributed by atoms with E-state index in [1.165, 1.54) is 6.08 Å². The Labute approximate surface area is 123 Å². The van der Waals surface area contributed by atoms with E-state index in [0.29, 0.717) is 26.4 Å². The normalized spacial score (nSPS) is 19.5. The van der Waals surface area contributed by atoms with Crippen molar-refractivity contribution in [3.63, 3.8) is 0 Å². The van der Waals surface area contributed by atoms with Crippen molar-refractivity contribution in [3.05, 3.63) is 63.1 Å². The summed E-state index contributed by atoms with van der Waals surface area (Å²) in [6, 6.07) is 11.4. The van der Waals surface area contributed by atoms with Crippen LogP contribution in [0, 0.1) is 11.3 Å². The van der Waals surface area contributed by atoms with Crippen molar-refractivity contribution in [2.45, 2.75) is 0 Å². The minimum absolute atomic E-state index is 0.319. The van der Waals surface area contributed by atoms with E-state index in [1.54, 1.807) is 6.08 Å². The molecule has 0 heterocycles. The molecule has 0 bridgehead atoms. The van der Waals surface area contributed by atoms with Crippen LogP contribution in [0.4, 0.5) is 0 Å². The zero-order valence-corrected chi connectivity index (χ0v) is 12.0. The highest BCUT2D eigenvalue weighted by atomic mass is 79.9. The molecule has 0 fully saturated rings. The summed E-state index contributed by atoms with van der Waals surface area (Å²) in [6.45, 7) is 0. The summed E-state index contributed by atoms with van der Waals surface area (Å²) < 4.78 is 0.568. The molecule has 0 saturated carbocycles. The predicted molar refractivity (Wildman–Crippen MR) is 79.1 cm³/mol. The Morgan fingerprint density at radius 2 is 1.95 bits per heavy atom. The van der Waals surface area contributed by atoms with Crippen molar-refractivity contribution in [1.82, 2.24) is 0 Å². The van der Waals surface area contributed by atoms with E-state index >= 15 is 0 Å². The van der Waals surface area contributed by atoms with Crippen molar-refractivity contribution in [3.8, 4) is 6.07 Å². The van der Waals surface area contributed by atoms with Crippen LogP contribution in [0.3, 0.4) is 0 Å². The summed E-state index contributed by atoms with van der Waals surface area (Å²) >= 11 is 9.42. The van der Waals surface area contributed by atoms with Gasteiger partial charge >= 0.3 is 0 Å². The number of oxime groups is 1. The average molecular weight is 336 g/mol. The SMILES string of the molecule is N#C/C(=C1C=C(Br)/C(=N/O)C=C/1Cl)c1ccccc1. The molecule has 1 aliphatic carbocycles. The van der Waals surface area contributed by atoms with E-state index in [4.69, 9.17) is 16.8 Å². The van der Waals surface area contributed by atoms with Gasteiger partial charge in [0.15, 0.2) is 0 Å². The van der Waals surface area contributed by atoms with E-state index in [2.05, 4.69) is 27.2 Å². The van der Waals surface area contributed by atoms with Crippen LogP contribution in [0.15, 0.2) is 62.7 Å². The molecule has 1 aliphatic rings. The van der Waals surface area contributed by atoms with Gasteiger partial charge in [-0.25, -0.2) is 0 Å². The fourth-order valence-corrected chi connectivity index (χ4v) is 2.36. The molecule has 1 N–H and O–H groups in total. The third-order valence-corrected chi connectivity index (χ3v) is 3.54. The zero-order chi connectivity index (χ0) is 13.8. The van der Waals surface area contributed by atoms with E-state index in [-0.39, 0.29) is 0 Å². The van der Waals surface area contributed by atoms with E-state index < -0.39 is 0 Å². The molecule has 94 valence electrons. The van der Waals surface area contributed by atoms with Crippen molar-refractivity contribution in [2.75, 3.05) is 0 Å². The van der Waals surface area contributed by atoms with Crippen LogP contribution < -0.4 is 0 Å². The summed E-state index contributed by atoms with van der Waals surface area (Å²) in [7, 11) is 0. The van der Waals surface area contributed by atoms with Crippen molar-refractivity contribution in [2.24, 2.45) is 5.16 Å². The van der Waals surface area contributed by atoms with Gasteiger partial charge in [-0.15, -0.1) is 0 Å². The first-order valence-corrected chi connectivity index (χ1v) is 6.51. The van der Waals surface area contributed by atoms with Crippen LogP contribution in [-0.4, -0.2) is 10.9 Å². The first kappa shape index (κ1) is 13.6. The number of hydrogen-bond donors (Lipinski definition) is 1. The second kappa shape index (κ2) is 5.87. The van der Waals surface area contributed by atoms with Gasteiger partial charge in [0, 0.05) is 10.1 Å². The number of rotatable bonds is 1. The molecule has 0 aliphatic heterocycles. The maximum atomic E-state index is 9.34. The van der Waals surface area contributed by atoms with Crippen LogP contribution in [-0.2, 0) is 0 Å². The molecule has 0 amide bonds. The molecule has 0 unspecified atom stereocenters. The van der Waals surface area contributed by atoms with Crippen LogP contribution >= 0.6 is 27.5 Å². The van der Waals surface area contributed by atoms with Gasteiger partial charge in [-0.1, -0.05) is 47.1 Å². The van der Waals surface area contributed by atoms with Crippen molar-refractivity contribution >= 4 is 38.8 Å². The molecule has 1 aromatic rings. The van der Waals surface area contributed by atoms with Crippen LogP contribution in [0.5, 0.6) is 0 Å². The number of hydrogen-bond acceptors (Lipinski definition) is 3. The summed E-state index contributed by atoms with van der Waals surface area (Å²) in [5.74, 6) is 0.